The Labute approximate surface area is 97.2 Å². The van der Waals surface area contributed by atoms with Crippen LogP contribution < -0.4 is 10.6 Å². The number of nitrogens with one attached hydrogen (secondary N) is 2. The number of amides is 2. The lowest BCUT2D eigenvalue weighted by Crippen LogP contribution is -2.29. The molecule has 88 valence electrons. The van der Waals surface area contributed by atoms with Gasteiger partial charge in [-0.05, 0) is 30.9 Å². The van der Waals surface area contributed by atoms with E-state index >= 15 is 0 Å². The van der Waals surface area contributed by atoms with E-state index in [0.717, 1.165) is 25.1 Å². The fourth-order valence-corrected chi connectivity index (χ4v) is 1.41. The van der Waals surface area contributed by atoms with Crippen LogP contribution in [0.5, 0.6) is 0 Å². The minimum Gasteiger partial charge on any atom is -0.338 e. The highest BCUT2D eigenvalue weighted by Gasteiger charge is 2.00. The first kappa shape index (κ1) is 12.6. The molecule has 0 saturated heterocycles. The highest BCUT2D eigenvalue weighted by atomic mass is 16.2. The van der Waals surface area contributed by atoms with Gasteiger partial charge >= 0.3 is 6.03 Å². The maximum absolute atomic E-state index is 11.4. The van der Waals surface area contributed by atoms with Gasteiger partial charge in [-0.15, -0.1) is 0 Å². The molecule has 16 heavy (non-hydrogen) atoms. The van der Waals surface area contributed by atoms with E-state index in [9.17, 15) is 4.79 Å². The maximum Gasteiger partial charge on any atom is 0.319 e. The van der Waals surface area contributed by atoms with E-state index in [1.54, 1.807) is 0 Å². The Balaban J connectivity index is 2.17. The van der Waals surface area contributed by atoms with Gasteiger partial charge in [-0.2, -0.15) is 0 Å². The predicted octanol–water partition coefficient (Wildman–Crippen LogP) is 3.24. The summed E-state index contributed by atoms with van der Waals surface area (Å²) in [6.07, 6.45) is 2.17. The van der Waals surface area contributed by atoms with E-state index < -0.39 is 0 Å². The molecule has 0 fully saturated rings. The molecule has 1 aromatic carbocycles. The predicted molar refractivity (Wildman–Crippen MR) is 67.5 cm³/mol. The number of para-hydroxylation sites is 1. The summed E-state index contributed by atoms with van der Waals surface area (Å²) < 4.78 is 0. The van der Waals surface area contributed by atoms with Crippen LogP contribution in [0.1, 0.15) is 26.7 Å². The third kappa shape index (κ3) is 5.39. The fraction of sp³-hybridized carbons (Fsp3) is 0.462. The number of benzene rings is 1. The van der Waals surface area contributed by atoms with Crippen LogP contribution >= 0.6 is 0 Å². The molecule has 0 bridgehead atoms. The standard InChI is InChI=1S/C13H20N2O/c1-11(2)7-6-10-14-13(16)15-12-8-4-3-5-9-12/h3-5,8-9,11H,6-7,10H2,1-2H3,(H2,14,15,16). The summed E-state index contributed by atoms with van der Waals surface area (Å²) in [5.74, 6) is 0.694. The number of anilines is 1. The van der Waals surface area contributed by atoms with Gasteiger partial charge in [-0.25, -0.2) is 4.79 Å². The smallest absolute Gasteiger partial charge is 0.319 e. The zero-order valence-electron chi connectivity index (χ0n) is 9.99. The second kappa shape index (κ2) is 6.88. The molecule has 0 aliphatic carbocycles. The molecule has 0 spiro atoms. The Kier molecular flexibility index (Phi) is 5.40. The molecule has 2 N–H and O–H groups in total. The highest BCUT2D eigenvalue weighted by molar-refractivity contribution is 5.89. The van der Waals surface area contributed by atoms with Gasteiger partial charge in [0.05, 0.1) is 0 Å². The molecule has 0 saturated carbocycles. The SMILES string of the molecule is CC(C)CCCNC(=O)Nc1ccccc1. The molecule has 0 aromatic heterocycles. The molecule has 3 nitrogen and oxygen atoms in total. The van der Waals surface area contributed by atoms with E-state index in [1.807, 2.05) is 30.3 Å². The Morgan fingerprint density at radius 3 is 2.56 bits per heavy atom. The van der Waals surface area contributed by atoms with Gasteiger partial charge < -0.3 is 10.6 Å². The molecular weight excluding hydrogens is 200 g/mol. The summed E-state index contributed by atoms with van der Waals surface area (Å²) in [6.45, 7) is 5.10. The molecule has 1 aromatic rings. The minimum absolute atomic E-state index is 0.130. The van der Waals surface area contributed by atoms with Crippen LogP contribution in [0.3, 0.4) is 0 Å². The van der Waals surface area contributed by atoms with Crippen LogP contribution in [0.4, 0.5) is 10.5 Å². The minimum atomic E-state index is -0.130. The second-order valence-corrected chi connectivity index (χ2v) is 4.28. The van der Waals surface area contributed by atoms with Crippen molar-refractivity contribution >= 4 is 11.7 Å². The van der Waals surface area contributed by atoms with Gasteiger partial charge in [0.25, 0.3) is 0 Å². The van der Waals surface area contributed by atoms with Gasteiger partial charge in [-0.3, -0.25) is 0 Å². The molecule has 0 atom stereocenters. The van der Waals surface area contributed by atoms with E-state index in [-0.39, 0.29) is 6.03 Å². The van der Waals surface area contributed by atoms with Crippen LogP contribution in [0.25, 0.3) is 0 Å². The van der Waals surface area contributed by atoms with E-state index in [4.69, 9.17) is 0 Å². The first-order valence-electron chi connectivity index (χ1n) is 5.78. The second-order valence-electron chi connectivity index (χ2n) is 4.28. The Bertz CT molecular complexity index is 309. The quantitative estimate of drug-likeness (QED) is 0.735. The van der Waals surface area contributed by atoms with Crippen molar-refractivity contribution in [1.29, 1.82) is 0 Å². The van der Waals surface area contributed by atoms with E-state index in [0.29, 0.717) is 5.92 Å². The normalized spacial score (nSPS) is 10.2. The average molecular weight is 220 g/mol. The lowest BCUT2D eigenvalue weighted by atomic mass is 10.1. The molecule has 0 heterocycles. The summed E-state index contributed by atoms with van der Waals surface area (Å²) in [5, 5.41) is 5.62. The molecular formula is C13H20N2O. The first-order chi connectivity index (χ1) is 7.68. The molecule has 0 aliphatic heterocycles. The van der Waals surface area contributed by atoms with Crippen LogP contribution in [0, 0.1) is 5.92 Å². The molecule has 0 aliphatic rings. The molecule has 1 rings (SSSR count). The lowest BCUT2D eigenvalue weighted by Gasteiger charge is -2.08. The van der Waals surface area contributed by atoms with Crippen molar-refractivity contribution in [1.82, 2.24) is 5.32 Å². The number of rotatable bonds is 5. The van der Waals surface area contributed by atoms with Crippen molar-refractivity contribution in [2.75, 3.05) is 11.9 Å². The van der Waals surface area contributed by atoms with Crippen molar-refractivity contribution in [2.24, 2.45) is 5.92 Å². The Morgan fingerprint density at radius 1 is 1.25 bits per heavy atom. The topological polar surface area (TPSA) is 41.1 Å². The average Bonchev–Trinajstić information content (AvgIpc) is 2.25. The monoisotopic (exact) mass is 220 g/mol. The number of hydrogen-bond acceptors (Lipinski definition) is 1. The zero-order chi connectivity index (χ0) is 11.8. The molecule has 3 heteroatoms. The third-order valence-electron chi connectivity index (χ3n) is 2.28. The highest BCUT2D eigenvalue weighted by Crippen LogP contribution is 2.04. The number of hydrogen-bond donors (Lipinski definition) is 2. The number of carbonyl (C=O) groups excluding carboxylic acids is 1. The molecule has 2 amide bonds. The van der Waals surface area contributed by atoms with Gasteiger partial charge in [0, 0.05) is 12.2 Å². The van der Waals surface area contributed by atoms with E-state index in [2.05, 4.69) is 24.5 Å². The first-order valence-corrected chi connectivity index (χ1v) is 5.78. The van der Waals surface area contributed by atoms with Crippen LogP contribution in [0.15, 0.2) is 30.3 Å². The zero-order valence-corrected chi connectivity index (χ0v) is 9.99. The van der Waals surface area contributed by atoms with Gasteiger partial charge in [0.15, 0.2) is 0 Å². The Morgan fingerprint density at radius 2 is 1.94 bits per heavy atom. The number of carbonyl (C=O) groups is 1. The van der Waals surface area contributed by atoms with Crippen LogP contribution in [-0.2, 0) is 0 Å². The number of urea groups is 1. The Hall–Kier alpha value is -1.51. The van der Waals surface area contributed by atoms with Crippen LogP contribution in [-0.4, -0.2) is 12.6 Å². The van der Waals surface area contributed by atoms with Crippen molar-refractivity contribution < 1.29 is 4.79 Å². The van der Waals surface area contributed by atoms with Crippen molar-refractivity contribution in [2.45, 2.75) is 26.7 Å². The summed E-state index contributed by atoms with van der Waals surface area (Å²) in [7, 11) is 0. The van der Waals surface area contributed by atoms with Crippen molar-refractivity contribution in [3.8, 4) is 0 Å². The van der Waals surface area contributed by atoms with Crippen LogP contribution in [0.2, 0.25) is 0 Å². The third-order valence-corrected chi connectivity index (χ3v) is 2.28. The van der Waals surface area contributed by atoms with Crippen molar-refractivity contribution in [3.05, 3.63) is 30.3 Å². The van der Waals surface area contributed by atoms with Gasteiger partial charge in [0.1, 0.15) is 0 Å². The lowest BCUT2D eigenvalue weighted by molar-refractivity contribution is 0.251. The maximum atomic E-state index is 11.4. The molecule has 0 unspecified atom stereocenters. The largest absolute Gasteiger partial charge is 0.338 e. The summed E-state index contributed by atoms with van der Waals surface area (Å²) in [5.41, 5.74) is 0.823. The van der Waals surface area contributed by atoms with Gasteiger partial charge in [0.2, 0.25) is 0 Å². The summed E-state index contributed by atoms with van der Waals surface area (Å²) >= 11 is 0. The summed E-state index contributed by atoms with van der Waals surface area (Å²) in [6, 6.07) is 9.32. The molecule has 0 radical (unpaired) electrons. The van der Waals surface area contributed by atoms with E-state index in [1.165, 1.54) is 0 Å². The fourth-order valence-electron chi connectivity index (χ4n) is 1.41. The summed E-state index contributed by atoms with van der Waals surface area (Å²) in [4.78, 5) is 11.4. The van der Waals surface area contributed by atoms with Gasteiger partial charge in [-0.1, -0.05) is 32.0 Å². The van der Waals surface area contributed by atoms with Crippen molar-refractivity contribution in [3.63, 3.8) is 0 Å².